The number of hydrogen-bond acceptors (Lipinski definition) is 5. The highest BCUT2D eigenvalue weighted by molar-refractivity contribution is 5.95. The van der Waals surface area contributed by atoms with Crippen LogP contribution in [-0.2, 0) is 4.74 Å². The van der Waals surface area contributed by atoms with E-state index in [0.717, 1.165) is 16.8 Å². The number of ether oxygens (including phenoxy) is 1. The van der Waals surface area contributed by atoms with Crippen molar-refractivity contribution in [2.24, 2.45) is 0 Å². The minimum absolute atomic E-state index is 0.0736. The fourth-order valence-corrected chi connectivity index (χ4v) is 2.37. The van der Waals surface area contributed by atoms with Crippen LogP contribution in [0.25, 0.3) is 11.1 Å². The molecule has 128 valence electrons. The number of methoxy groups -OCH3 is 1. The number of carbonyl (C=O) groups excluding carboxylic acids is 1. The summed E-state index contributed by atoms with van der Waals surface area (Å²) in [7, 11) is 1.63. The van der Waals surface area contributed by atoms with E-state index in [1.54, 1.807) is 25.4 Å². The molecule has 0 radical (unpaired) electrons. The summed E-state index contributed by atoms with van der Waals surface area (Å²) in [6, 6.07) is 4.51. The summed E-state index contributed by atoms with van der Waals surface area (Å²) >= 11 is 0. The van der Waals surface area contributed by atoms with Crippen molar-refractivity contribution < 1.29 is 13.9 Å². The first-order valence-corrected chi connectivity index (χ1v) is 7.84. The Hall–Kier alpha value is -2.34. The van der Waals surface area contributed by atoms with E-state index < -0.39 is 5.82 Å². The van der Waals surface area contributed by atoms with Gasteiger partial charge in [-0.15, -0.1) is 0 Å². The van der Waals surface area contributed by atoms with Crippen molar-refractivity contribution in [3.63, 3.8) is 0 Å². The summed E-state index contributed by atoms with van der Waals surface area (Å²) in [5, 5.41) is 3.10. The van der Waals surface area contributed by atoms with Crippen LogP contribution in [0.4, 0.5) is 10.3 Å². The van der Waals surface area contributed by atoms with Gasteiger partial charge in [0, 0.05) is 25.4 Å². The van der Waals surface area contributed by atoms with Crippen LogP contribution in [0.5, 0.6) is 0 Å². The van der Waals surface area contributed by atoms with Crippen molar-refractivity contribution in [3.05, 3.63) is 41.5 Å². The van der Waals surface area contributed by atoms with E-state index in [1.165, 1.54) is 13.0 Å². The lowest BCUT2D eigenvalue weighted by molar-refractivity contribution is 0.101. The fraction of sp³-hybridized carbons (Fsp3) is 0.389. The molecule has 1 aromatic carbocycles. The van der Waals surface area contributed by atoms with Crippen molar-refractivity contribution in [3.8, 4) is 11.1 Å². The van der Waals surface area contributed by atoms with Crippen molar-refractivity contribution in [2.75, 3.05) is 25.6 Å². The fourth-order valence-electron chi connectivity index (χ4n) is 2.37. The average molecular weight is 331 g/mol. The molecule has 0 fully saturated rings. The summed E-state index contributed by atoms with van der Waals surface area (Å²) in [6.07, 6.45) is 1.70. The topological polar surface area (TPSA) is 64.1 Å². The van der Waals surface area contributed by atoms with Crippen molar-refractivity contribution in [1.82, 2.24) is 9.97 Å². The van der Waals surface area contributed by atoms with Gasteiger partial charge in [-0.1, -0.05) is 19.9 Å². The molecule has 1 heterocycles. The highest BCUT2D eigenvalue weighted by Crippen LogP contribution is 2.29. The predicted octanol–water partition coefficient (Wildman–Crippen LogP) is 3.67. The molecule has 24 heavy (non-hydrogen) atoms. The summed E-state index contributed by atoms with van der Waals surface area (Å²) in [4.78, 5) is 20.4. The summed E-state index contributed by atoms with van der Waals surface area (Å²) in [5.74, 6) is -0.152. The second-order valence-corrected chi connectivity index (χ2v) is 5.82. The molecular formula is C18H22FN3O2. The molecule has 0 aliphatic carbocycles. The zero-order valence-electron chi connectivity index (χ0n) is 14.4. The van der Waals surface area contributed by atoms with Gasteiger partial charge in [-0.05, 0) is 30.5 Å². The molecule has 5 nitrogen and oxygen atoms in total. The van der Waals surface area contributed by atoms with E-state index >= 15 is 0 Å². The molecule has 2 aromatic rings. The molecule has 0 aliphatic rings. The highest BCUT2D eigenvalue weighted by Gasteiger charge is 2.15. The first kappa shape index (κ1) is 18.0. The zero-order chi connectivity index (χ0) is 17.7. The van der Waals surface area contributed by atoms with Gasteiger partial charge in [0.1, 0.15) is 5.82 Å². The number of benzene rings is 1. The van der Waals surface area contributed by atoms with Crippen LogP contribution < -0.4 is 5.32 Å². The van der Waals surface area contributed by atoms with Crippen LogP contribution in [0.15, 0.2) is 24.4 Å². The zero-order valence-corrected chi connectivity index (χ0v) is 14.4. The molecule has 0 spiro atoms. The van der Waals surface area contributed by atoms with Crippen molar-refractivity contribution >= 4 is 11.7 Å². The average Bonchev–Trinajstić information content (AvgIpc) is 2.55. The highest BCUT2D eigenvalue weighted by atomic mass is 19.1. The molecule has 0 bridgehead atoms. The lowest BCUT2D eigenvalue weighted by Gasteiger charge is -2.14. The molecule has 0 atom stereocenters. The number of nitrogens with one attached hydrogen (secondary N) is 1. The Morgan fingerprint density at radius 1 is 1.38 bits per heavy atom. The summed E-state index contributed by atoms with van der Waals surface area (Å²) in [6.45, 7) is 6.58. The monoisotopic (exact) mass is 331 g/mol. The van der Waals surface area contributed by atoms with Gasteiger partial charge in [0.15, 0.2) is 5.78 Å². The molecule has 6 heteroatoms. The van der Waals surface area contributed by atoms with E-state index in [-0.39, 0.29) is 17.3 Å². The number of nitrogens with zero attached hydrogens (tertiary/aromatic N) is 2. The quantitative estimate of drug-likeness (QED) is 0.619. The normalized spacial score (nSPS) is 10.9. The molecule has 0 aliphatic heterocycles. The number of rotatable bonds is 7. The van der Waals surface area contributed by atoms with Gasteiger partial charge >= 0.3 is 0 Å². The lowest BCUT2D eigenvalue weighted by atomic mass is 9.97. The Bertz CT molecular complexity index is 732. The van der Waals surface area contributed by atoms with E-state index in [0.29, 0.717) is 19.1 Å². The van der Waals surface area contributed by atoms with E-state index in [2.05, 4.69) is 15.3 Å². The van der Waals surface area contributed by atoms with Crippen LogP contribution in [0.2, 0.25) is 0 Å². The maximum atomic E-state index is 13.8. The molecular weight excluding hydrogens is 309 g/mol. The van der Waals surface area contributed by atoms with Crippen molar-refractivity contribution in [2.45, 2.75) is 26.7 Å². The predicted molar refractivity (Wildman–Crippen MR) is 91.9 cm³/mol. The SMILES string of the molecule is COCCNc1ncc(-c2ccc(F)c(C(C)=O)c2)c(C(C)C)n1. The number of hydrogen-bond donors (Lipinski definition) is 1. The minimum atomic E-state index is -0.517. The van der Waals surface area contributed by atoms with E-state index in [9.17, 15) is 9.18 Å². The van der Waals surface area contributed by atoms with Gasteiger partial charge in [-0.25, -0.2) is 14.4 Å². The molecule has 0 saturated heterocycles. The smallest absolute Gasteiger partial charge is 0.222 e. The van der Waals surface area contributed by atoms with Gasteiger partial charge in [0.25, 0.3) is 0 Å². The Balaban J connectivity index is 2.42. The van der Waals surface area contributed by atoms with E-state index in [4.69, 9.17) is 4.74 Å². The number of aromatic nitrogens is 2. The van der Waals surface area contributed by atoms with Crippen LogP contribution >= 0.6 is 0 Å². The third-order valence-corrected chi connectivity index (χ3v) is 3.61. The molecule has 0 saturated carbocycles. The number of halogens is 1. The standard InChI is InChI=1S/C18H22FN3O2/c1-11(2)17-15(10-21-18(22-17)20-7-8-24-4)13-5-6-16(19)14(9-13)12(3)23/h5-6,9-11H,7-8H2,1-4H3,(H,20,21,22). The molecule has 2 rings (SSSR count). The Morgan fingerprint density at radius 3 is 2.75 bits per heavy atom. The van der Waals surface area contributed by atoms with Gasteiger partial charge in [0.2, 0.25) is 5.95 Å². The Kier molecular flexibility index (Phi) is 5.98. The van der Waals surface area contributed by atoms with E-state index in [1.807, 2.05) is 13.8 Å². The Morgan fingerprint density at radius 2 is 2.12 bits per heavy atom. The number of ketones is 1. The van der Waals surface area contributed by atoms with Gasteiger partial charge in [0.05, 0.1) is 17.9 Å². The number of Topliss-reactive ketones (excluding diaryl/α,β-unsaturated/α-hetero) is 1. The maximum absolute atomic E-state index is 13.8. The van der Waals surface area contributed by atoms with Crippen LogP contribution in [0.3, 0.4) is 0 Å². The molecule has 0 unspecified atom stereocenters. The van der Waals surface area contributed by atoms with Crippen molar-refractivity contribution in [1.29, 1.82) is 0 Å². The second-order valence-electron chi connectivity index (χ2n) is 5.82. The maximum Gasteiger partial charge on any atom is 0.222 e. The third kappa shape index (κ3) is 4.14. The third-order valence-electron chi connectivity index (χ3n) is 3.61. The summed E-state index contributed by atoms with van der Waals surface area (Å²) < 4.78 is 18.8. The van der Waals surface area contributed by atoms with Crippen LogP contribution in [0, 0.1) is 5.82 Å². The van der Waals surface area contributed by atoms with Gasteiger partial charge < -0.3 is 10.1 Å². The summed E-state index contributed by atoms with van der Waals surface area (Å²) in [5.41, 5.74) is 2.44. The Labute approximate surface area is 141 Å². The molecule has 1 N–H and O–H groups in total. The number of anilines is 1. The first-order valence-electron chi connectivity index (χ1n) is 7.84. The lowest BCUT2D eigenvalue weighted by Crippen LogP contribution is -2.12. The first-order chi connectivity index (χ1) is 11.4. The molecule has 0 amide bonds. The number of carbonyl (C=O) groups is 1. The van der Waals surface area contributed by atoms with Crippen LogP contribution in [0.1, 0.15) is 42.7 Å². The molecule has 1 aromatic heterocycles. The largest absolute Gasteiger partial charge is 0.383 e. The van der Waals surface area contributed by atoms with Gasteiger partial charge in [-0.3, -0.25) is 4.79 Å². The second kappa shape index (κ2) is 7.97. The van der Waals surface area contributed by atoms with Crippen LogP contribution in [-0.4, -0.2) is 36.0 Å². The van der Waals surface area contributed by atoms with Gasteiger partial charge in [-0.2, -0.15) is 0 Å². The minimum Gasteiger partial charge on any atom is -0.383 e.